The molecule has 0 rings (SSSR count). The molecule has 0 spiro atoms. The summed E-state index contributed by atoms with van der Waals surface area (Å²) in [6.07, 6.45) is 0.527. The van der Waals surface area contributed by atoms with Gasteiger partial charge in [0.05, 0.1) is 4.58 Å². The van der Waals surface area contributed by atoms with Gasteiger partial charge in [-0.2, -0.15) is 0 Å². The lowest BCUT2D eigenvalue weighted by Crippen LogP contribution is -2.21. The maximum Gasteiger partial charge on any atom is 0.221 e. The molecule has 0 bridgehead atoms. The molecule has 0 aromatic rings. The Bertz CT molecular complexity index is 152. The molecule has 0 aliphatic carbocycles. The van der Waals surface area contributed by atoms with Gasteiger partial charge in [0.1, 0.15) is 0 Å². The van der Waals surface area contributed by atoms with E-state index in [0.717, 1.165) is 11.5 Å². The maximum absolute atomic E-state index is 11.1. The molecule has 2 nitrogen and oxygen atoms in total. The Labute approximate surface area is 104 Å². The number of nitrogens with one attached hydrogen (secondary N) is 1. The van der Waals surface area contributed by atoms with Crippen molar-refractivity contribution in [1.82, 2.24) is 5.32 Å². The van der Waals surface area contributed by atoms with Gasteiger partial charge in [-0.3, -0.25) is 4.79 Å². The molecular formula is C8H15Cl2NOS2. The second kappa shape index (κ2) is 10.3. The molecular weight excluding hydrogens is 261 g/mol. The van der Waals surface area contributed by atoms with Gasteiger partial charge < -0.3 is 5.32 Å². The maximum atomic E-state index is 11.1. The van der Waals surface area contributed by atoms with Crippen molar-refractivity contribution in [2.24, 2.45) is 0 Å². The summed E-state index contributed by atoms with van der Waals surface area (Å²) in [5.41, 5.74) is 0. The van der Waals surface area contributed by atoms with Gasteiger partial charge in [0.15, 0.2) is 0 Å². The highest BCUT2D eigenvalue weighted by Crippen LogP contribution is 2.26. The molecule has 84 valence electrons. The molecule has 0 saturated heterocycles. The quantitative estimate of drug-likeness (QED) is 0.545. The molecule has 0 fully saturated rings. The van der Waals surface area contributed by atoms with E-state index in [2.05, 4.69) is 5.32 Å². The zero-order chi connectivity index (χ0) is 10.8. The van der Waals surface area contributed by atoms with Gasteiger partial charge in [0, 0.05) is 36.7 Å². The zero-order valence-electron chi connectivity index (χ0n) is 8.09. The monoisotopic (exact) mass is 275 g/mol. The van der Waals surface area contributed by atoms with E-state index < -0.39 is 0 Å². The molecule has 0 radical (unpaired) electrons. The third kappa shape index (κ3) is 8.09. The molecule has 1 amide bonds. The first-order valence-corrected chi connectivity index (χ1v) is 7.47. The minimum atomic E-state index is 0.0687. The topological polar surface area (TPSA) is 29.1 Å². The van der Waals surface area contributed by atoms with Crippen molar-refractivity contribution in [2.45, 2.75) is 11.0 Å². The molecule has 1 N–H and O–H groups in total. The van der Waals surface area contributed by atoms with E-state index >= 15 is 0 Å². The average Bonchev–Trinajstić information content (AvgIpc) is 2.21. The van der Waals surface area contributed by atoms with Crippen molar-refractivity contribution in [3.05, 3.63) is 0 Å². The first-order valence-electron chi connectivity index (χ1n) is 4.30. The highest BCUT2D eigenvalue weighted by molar-refractivity contribution is 8.17. The third-order valence-electron chi connectivity index (χ3n) is 1.39. The van der Waals surface area contributed by atoms with Crippen molar-refractivity contribution < 1.29 is 4.79 Å². The van der Waals surface area contributed by atoms with E-state index in [-0.39, 0.29) is 10.5 Å². The van der Waals surface area contributed by atoms with E-state index in [1.165, 1.54) is 0 Å². The van der Waals surface area contributed by atoms with Crippen molar-refractivity contribution in [2.75, 3.05) is 30.3 Å². The van der Waals surface area contributed by atoms with Gasteiger partial charge in [0.25, 0.3) is 0 Å². The fourth-order valence-corrected chi connectivity index (χ4v) is 3.51. The summed E-state index contributed by atoms with van der Waals surface area (Å²) in [6, 6.07) is 0. The van der Waals surface area contributed by atoms with Crippen LogP contribution < -0.4 is 5.32 Å². The van der Waals surface area contributed by atoms with Crippen LogP contribution in [0.15, 0.2) is 0 Å². The third-order valence-corrected chi connectivity index (χ3v) is 4.99. The van der Waals surface area contributed by atoms with Crippen LogP contribution >= 0.6 is 46.7 Å². The van der Waals surface area contributed by atoms with Crippen molar-refractivity contribution in [1.29, 1.82) is 0 Å². The number of hydrogen-bond acceptors (Lipinski definition) is 3. The molecule has 0 saturated carbocycles. The molecule has 0 unspecified atom stereocenters. The summed E-state index contributed by atoms with van der Waals surface area (Å²) in [4.78, 5) is 11.1. The second-order valence-corrected chi connectivity index (χ2v) is 6.10. The lowest BCUT2D eigenvalue weighted by molar-refractivity contribution is -0.120. The largest absolute Gasteiger partial charge is 0.359 e. The number of hydrogen-bond donors (Lipinski definition) is 1. The Hall–Kier alpha value is 0.750. The summed E-state index contributed by atoms with van der Waals surface area (Å²) < 4.78 is 0.271. The Morgan fingerprint density at radius 1 is 1.29 bits per heavy atom. The van der Waals surface area contributed by atoms with Crippen LogP contribution in [0.2, 0.25) is 0 Å². The summed E-state index contributed by atoms with van der Waals surface area (Å²) >= 11 is 14.6. The highest BCUT2D eigenvalue weighted by Gasteiger charge is 2.13. The van der Waals surface area contributed by atoms with Crippen LogP contribution in [0, 0.1) is 0 Å². The predicted octanol–water partition coefficient (Wildman–Crippen LogP) is 2.39. The van der Waals surface area contributed by atoms with Gasteiger partial charge in [-0.15, -0.1) is 46.7 Å². The minimum Gasteiger partial charge on any atom is -0.359 e. The van der Waals surface area contributed by atoms with Gasteiger partial charge in [-0.1, -0.05) is 0 Å². The molecule has 0 aromatic heterocycles. The van der Waals surface area contributed by atoms with Crippen LogP contribution in [-0.4, -0.2) is 40.8 Å². The van der Waals surface area contributed by atoms with E-state index in [9.17, 15) is 4.79 Å². The fourth-order valence-electron chi connectivity index (χ4n) is 0.771. The van der Waals surface area contributed by atoms with E-state index in [1.807, 2.05) is 0 Å². The molecule has 0 aliphatic rings. The van der Waals surface area contributed by atoms with E-state index in [1.54, 1.807) is 30.6 Å². The van der Waals surface area contributed by atoms with E-state index in [4.69, 9.17) is 23.2 Å². The molecule has 14 heavy (non-hydrogen) atoms. The number of alkyl halides is 2. The predicted molar refractivity (Wildman–Crippen MR) is 68.8 cm³/mol. The van der Waals surface area contributed by atoms with Gasteiger partial charge in [-0.05, 0) is 0 Å². The zero-order valence-corrected chi connectivity index (χ0v) is 11.2. The lowest BCUT2D eigenvalue weighted by atomic mass is 10.4. The van der Waals surface area contributed by atoms with Crippen LogP contribution in [0.4, 0.5) is 0 Å². The SMILES string of the molecule is CNC(=O)CC(SCCCl)SCCCl. The molecule has 6 heteroatoms. The first-order chi connectivity index (χ1) is 6.74. The summed E-state index contributed by atoms with van der Waals surface area (Å²) in [5, 5.41) is 2.62. The number of carbonyl (C=O) groups excluding carboxylic acids is 1. The first kappa shape index (κ1) is 14.8. The standard InChI is InChI=1S/C8H15Cl2NOS2/c1-11-7(12)6-8(13-4-2-9)14-5-3-10/h8H,2-6H2,1H3,(H,11,12). The number of thioether (sulfide) groups is 2. The molecule has 0 heterocycles. The number of carbonyl (C=O) groups is 1. The van der Waals surface area contributed by atoms with Crippen LogP contribution in [0.3, 0.4) is 0 Å². The number of halogens is 2. The van der Waals surface area contributed by atoms with Gasteiger partial charge in [0.2, 0.25) is 5.91 Å². The summed E-state index contributed by atoms with van der Waals surface area (Å²) in [7, 11) is 1.65. The Morgan fingerprint density at radius 2 is 1.79 bits per heavy atom. The van der Waals surface area contributed by atoms with Crippen LogP contribution in [0.5, 0.6) is 0 Å². The molecule has 0 aliphatic heterocycles. The summed E-state index contributed by atoms with van der Waals surface area (Å²) in [6.45, 7) is 0. The normalized spacial score (nSPS) is 10.6. The Balaban J connectivity index is 3.77. The van der Waals surface area contributed by atoms with Crippen LogP contribution in [0.25, 0.3) is 0 Å². The highest BCUT2D eigenvalue weighted by atomic mass is 35.5. The van der Waals surface area contributed by atoms with E-state index in [0.29, 0.717) is 18.2 Å². The Morgan fingerprint density at radius 3 is 2.14 bits per heavy atom. The van der Waals surface area contributed by atoms with Crippen LogP contribution in [-0.2, 0) is 4.79 Å². The number of rotatable bonds is 8. The average molecular weight is 276 g/mol. The lowest BCUT2D eigenvalue weighted by Gasteiger charge is -2.13. The van der Waals surface area contributed by atoms with Gasteiger partial charge >= 0.3 is 0 Å². The fraction of sp³-hybridized carbons (Fsp3) is 0.875. The van der Waals surface area contributed by atoms with Crippen molar-refractivity contribution in [3.8, 4) is 0 Å². The summed E-state index contributed by atoms with van der Waals surface area (Å²) in [5.74, 6) is 3.06. The Kier molecular flexibility index (Phi) is 10.8. The smallest absolute Gasteiger partial charge is 0.221 e. The van der Waals surface area contributed by atoms with Crippen LogP contribution in [0.1, 0.15) is 6.42 Å². The molecule has 0 aromatic carbocycles. The van der Waals surface area contributed by atoms with Crippen molar-refractivity contribution in [3.63, 3.8) is 0 Å². The minimum absolute atomic E-state index is 0.0687. The number of amides is 1. The second-order valence-electron chi connectivity index (χ2n) is 2.43. The molecule has 0 atom stereocenters. The van der Waals surface area contributed by atoms with Gasteiger partial charge in [-0.25, -0.2) is 0 Å². The van der Waals surface area contributed by atoms with Crippen molar-refractivity contribution >= 4 is 52.6 Å².